The molecule has 1 heterocycles. The zero-order valence-electron chi connectivity index (χ0n) is 11.0. The maximum atomic E-state index is 12.1. The molecule has 2 rings (SSSR count). The summed E-state index contributed by atoms with van der Waals surface area (Å²) in [6, 6.07) is 2.64. The van der Waals surface area contributed by atoms with E-state index >= 15 is 0 Å². The molecule has 1 aliphatic rings. The predicted molar refractivity (Wildman–Crippen MR) is 69.9 cm³/mol. The lowest BCUT2D eigenvalue weighted by atomic mass is 9.76. The van der Waals surface area contributed by atoms with Crippen LogP contribution in [0.25, 0.3) is 0 Å². The van der Waals surface area contributed by atoms with Gasteiger partial charge in [0.15, 0.2) is 0 Å². The second-order valence-corrected chi connectivity index (χ2v) is 5.44. The number of carbonyl (C=O) groups excluding carboxylic acids is 1. The number of aliphatic hydroxyl groups excluding tert-OH is 1. The second kappa shape index (κ2) is 5.57. The SMILES string of the molecule is CC1CCCC(CO)(NC(=O)c2ccc(=O)oc2)C1. The molecule has 0 saturated heterocycles. The fourth-order valence-corrected chi connectivity index (χ4v) is 2.76. The van der Waals surface area contributed by atoms with Crippen molar-refractivity contribution in [2.24, 2.45) is 5.92 Å². The van der Waals surface area contributed by atoms with Crippen molar-refractivity contribution in [3.05, 3.63) is 34.4 Å². The van der Waals surface area contributed by atoms with Crippen LogP contribution in [0.15, 0.2) is 27.6 Å². The van der Waals surface area contributed by atoms with Gasteiger partial charge in [-0.3, -0.25) is 4.79 Å². The van der Waals surface area contributed by atoms with Crippen LogP contribution in [0.5, 0.6) is 0 Å². The average molecular weight is 265 g/mol. The Morgan fingerprint density at radius 2 is 2.37 bits per heavy atom. The van der Waals surface area contributed by atoms with Crippen molar-refractivity contribution in [1.82, 2.24) is 5.32 Å². The van der Waals surface area contributed by atoms with Gasteiger partial charge >= 0.3 is 5.63 Å². The van der Waals surface area contributed by atoms with Crippen LogP contribution in [0, 0.1) is 5.92 Å². The quantitative estimate of drug-likeness (QED) is 0.863. The van der Waals surface area contributed by atoms with Gasteiger partial charge in [-0.15, -0.1) is 0 Å². The normalized spacial score (nSPS) is 26.9. The standard InChI is InChI=1S/C14H19NO4/c1-10-3-2-6-14(7-10,9-16)15-13(18)11-4-5-12(17)19-8-11/h4-5,8,10,16H,2-3,6-7,9H2,1H3,(H,15,18). The molecule has 1 fully saturated rings. The largest absolute Gasteiger partial charge is 0.430 e. The number of hydrogen-bond acceptors (Lipinski definition) is 4. The summed E-state index contributed by atoms with van der Waals surface area (Å²) in [5, 5.41) is 12.5. The van der Waals surface area contributed by atoms with Crippen LogP contribution in [0.2, 0.25) is 0 Å². The molecule has 0 aliphatic heterocycles. The van der Waals surface area contributed by atoms with Crippen LogP contribution in [0.4, 0.5) is 0 Å². The highest BCUT2D eigenvalue weighted by molar-refractivity contribution is 5.94. The van der Waals surface area contributed by atoms with Gasteiger partial charge in [0.2, 0.25) is 0 Å². The maximum absolute atomic E-state index is 12.1. The fraction of sp³-hybridized carbons (Fsp3) is 0.571. The van der Waals surface area contributed by atoms with Gasteiger partial charge in [-0.1, -0.05) is 19.8 Å². The molecular weight excluding hydrogens is 246 g/mol. The molecule has 1 aliphatic carbocycles. The van der Waals surface area contributed by atoms with Crippen molar-refractivity contribution in [3.8, 4) is 0 Å². The monoisotopic (exact) mass is 265 g/mol. The maximum Gasteiger partial charge on any atom is 0.335 e. The van der Waals surface area contributed by atoms with Crippen molar-refractivity contribution in [3.63, 3.8) is 0 Å². The van der Waals surface area contributed by atoms with Gasteiger partial charge in [0.1, 0.15) is 6.26 Å². The number of amides is 1. The van der Waals surface area contributed by atoms with E-state index < -0.39 is 11.2 Å². The summed E-state index contributed by atoms with van der Waals surface area (Å²) < 4.78 is 4.68. The molecule has 0 spiro atoms. The van der Waals surface area contributed by atoms with Crippen molar-refractivity contribution in [1.29, 1.82) is 0 Å². The summed E-state index contributed by atoms with van der Waals surface area (Å²) in [6.07, 6.45) is 4.81. The van der Waals surface area contributed by atoms with Gasteiger partial charge in [0, 0.05) is 6.07 Å². The Morgan fingerprint density at radius 1 is 1.58 bits per heavy atom. The minimum atomic E-state index is -0.551. The van der Waals surface area contributed by atoms with E-state index in [9.17, 15) is 14.7 Å². The van der Waals surface area contributed by atoms with Crippen molar-refractivity contribution >= 4 is 5.91 Å². The summed E-state index contributed by atoms with van der Waals surface area (Å²) in [7, 11) is 0. The fourth-order valence-electron chi connectivity index (χ4n) is 2.76. The minimum absolute atomic E-state index is 0.0696. The van der Waals surface area contributed by atoms with Gasteiger partial charge in [-0.25, -0.2) is 4.79 Å². The molecule has 2 N–H and O–H groups in total. The van der Waals surface area contributed by atoms with Crippen LogP contribution in [-0.2, 0) is 0 Å². The molecule has 5 nitrogen and oxygen atoms in total. The van der Waals surface area contributed by atoms with Crippen LogP contribution in [0.3, 0.4) is 0 Å². The Bertz CT molecular complexity index is 490. The molecule has 0 bridgehead atoms. The molecule has 0 aromatic carbocycles. The number of rotatable bonds is 3. The Labute approximate surface area is 111 Å². The van der Waals surface area contributed by atoms with E-state index in [4.69, 9.17) is 0 Å². The lowest BCUT2D eigenvalue weighted by Gasteiger charge is -2.39. The van der Waals surface area contributed by atoms with Crippen LogP contribution < -0.4 is 10.9 Å². The first kappa shape index (κ1) is 13.8. The van der Waals surface area contributed by atoms with E-state index in [-0.39, 0.29) is 12.5 Å². The predicted octanol–water partition coefficient (Wildman–Crippen LogP) is 1.31. The summed E-state index contributed by atoms with van der Waals surface area (Å²) in [6.45, 7) is 2.05. The molecule has 1 amide bonds. The first-order chi connectivity index (χ1) is 9.04. The molecule has 2 unspecified atom stereocenters. The zero-order valence-corrected chi connectivity index (χ0v) is 11.0. The molecule has 19 heavy (non-hydrogen) atoms. The molecule has 1 saturated carbocycles. The highest BCUT2D eigenvalue weighted by Crippen LogP contribution is 2.32. The Balaban J connectivity index is 2.11. The topological polar surface area (TPSA) is 79.5 Å². The van der Waals surface area contributed by atoms with E-state index in [1.165, 1.54) is 12.1 Å². The lowest BCUT2D eigenvalue weighted by molar-refractivity contribution is 0.0695. The zero-order chi connectivity index (χ0) is 13.9. The number of carbonyl (C=O) groups is 1. The van der Waals surface area contributed by atoms with Gasteiger partial charge in [0.25, 0.3) is 5.91 Å². The second-order valence-electron chi connectivity index (χ2n) is 5.44. The first-order valence-corrected chi connectivity index (χ1v) is 6.57. The van der Waals surface area contributed by atoms with Crippen LogP contribution >= 0.6 is 0 Å². The molecule has 1 aromatic rings. The van der Waals surface area contributed by atoms with Gasteiger partial charge < -0.3 is 14.8 Å². The number of nitrogens with one attached hydrogen (secondary N) is 1. The van der Waals surface area contributed by atoms with Crippen LogP contribution in [-0.4, -0.2) is 23.2 Å². The van der Waals surface area contributed by atoms with Crippen LogP contribution in [0.1, 0.15) is 43.0 Å². The molecule has 5 heteroatoms. The third kappa shape index (κ3) is 3.23. The van der Waals surface area contributed by atoms with E-state index in [0.717, 1.165) is 31.9 Å². The Kier molecular flexibility index (Phi) is 4.04. The number of hydrogen-bond donors (Lipinski definition) is 2. The molecule has 1 aromatic heterocycles. The Morgan fingerprint density at radius 3 is 2.95 bits per heavy atom. The van der Waals surface area contributed by atoms with Crippen molar-refractivity contribution in [2.75, 3.05) is 6.61 Å². The summed E-state index contributed by atoms with van der Waals surface area (Å²) in [5.41, 5.74) is -0.740. The van der Waals surface area contributed by atoms with Gasteiger partial charge in [-0.2, -0.15) is 0 Å². The highest BCUT2D eigenvalue weighted by atomic mass is 16.4. The van der Waals surface area contributed by atoms with E-state index in [0.29, 0.717) is 11.5 Å². The average Bonchev–Trinajstić information content (AvgIpc) is 2.39. The molecule has 104 valence electrons. The molecular formula is C14H19NO4. The minimum Gasteiger partial charge on any atom is -0.430 e. The molecule has 0 radical (unpaired) electrons. The highest BCUT2D eigenvalue weighted by Gasteiger charge is 2.36. The van der Waals surface area contributed by atoms with Crippen molar-refractivity contribution in [2.45, 2.75) is 38.1 Å². The van der Waals surface area contributed by atoms with E-state index in [1.807, 2.05) is 0 Å². The summed E-state index contributed by atoms with van der Waals surface area (Å²) in [4.78, 5) is 23.0. The van der Waals surface area contributed by atoms with Crippen molar-refractivity contribution < 1.29 is 14.3 Å². The third-order valence-corrected chi connectivity index (χ3v) is 3.74. The summed E-state index contributed by atoms with van der Waals surface area (Å²) >= 11 is 0. The molecule has 2 atom stereocenters. The van der Waals surface area contributed by atoms with Gasteiger partial charge in [-0.05, 0) is 24.8 Å². The van der Waals surface area contributed by atoms with E-state index in [2.05, 4.69) is 16.7 Å². The Hall–Kier alpha value is -1.62. The first-order valence-electron chi connectivity index (χ1n) is 6.57. The smallest absolute Gasteiger partial charge is 0.335 e. The third-order valence-electron chi connectivity index (χ3n) is 3.74. The van der Waals surface area contributed by atoms with E-state index in [1.54, 1.807) is 0 Å². The number of aliphatic hydroxyl groups is 1. The summed E-state index contributed by atoms with van der Waals surface area (Å²) in [5.74, 6) is 0.168. The lowest BCUT2D eigenvalue weighted by Crippen LogP contribution is -2.53. The van der Waals surface area contributed by atoms with Gasteiger partial charge in [0.05, 0.1) is 17.7 Å².